The summed E-state index contributed by atoms with van der Waals surface area (Å²) in [5, 5.41) is 14.7. The summed E-state index contributed by atoms with van der Waals surface area (Å²) >= 11 is 0. The van der Waals surface area contributed by atoms with E-state index in [1.807, 2.05) is 0 Å². The molecular formula is C13H17FN2O2. The highest BCUT2D eigenvalue weighted by atomic mass is 19.1. The number of aliphatic hydroxyl groups excluding tert-OH is 1. The standard InChI is InChI=1S/C13H17FN2O2/c14-10-2-1-3-11(6-10)16-12(18)7-15-8-13(9-17)4-5-13/h1-3,6,15,17H,4-5,7-9H2,(H,16,18). The Balaban J connectivity index is 1.72. The average Bonchev–Trinajstić information content (AvgIpc) is 3.10. The lowest BCUT2D eigenvalue weighted by Gasteiger charge is -2.12. The number of benzene rings is 1. The highest BCUT2D eigenvalue weighted by Gasteiger charge is 2.41. The number of carbonyl (C=O) groups is 1. The summed E-state index contributed by atoms with van der Waals surface area (Å²) in [6.07, 6.45) is 2.00. The molecular weight excluding hydrogens is 235 g/mol. The largest absolute Gasteiger partial charge is 0.396 e. The Morgan fingerprint density at radius 3 is 2.83 bits per heavy atom. The van der Waals surface area contributed by atoms with Crippen LogP contribution in [0.3, 0.4) is 0 Å². The van der Waals surface area contributed by atoms with Crippen molar-refractivity contribution >= 4 is 11.6 Å². The maximum Gasteiger partial charge on any atom is 0.238 e. The van der Waals surface area contributed by atoms with E-state index in [1.165, 1.54) is 12.1 Å². The summed E-state index contributed by atoms with van der Waals surface area (Å²) in [6.45, 7) is 0.962. The smallest absolute Gasteiger partial charge is 0.238 e. The molecule has 2 rings (SSSR count). The first-order chi connectivity index (χ1) is 8.63. The van der Waals surface area contributed by atoms with E-state index in [0.29, 0.717) is 12.2 Å². The van der Waals surface area contributed by atoms with Gasteiger partial charge in [0.05, 0.1) is 6.54 Å². The number of hydrogen-bond acceptors (Lipinski definition) is 3. The van der Waals surface area contributed by atoms with Gasteiger partial charge in [-0.15, -0.1) is 0 Å². The number of anilines is 1. The average molecular weight is 252 g/mol. The van der Waals surface area contributed by atoms with E-state index < -0.39 is 0 Å². The van der Waals surface area contributed by atoms with Crippen LogP contribution in [0.15, 0.2) is 24.3 Å². The minimum Gasteiger partial charge on any atom is -0.396 e. The monoisotopic (exact) mass is 252 g/mol. The predicted octanol–water partition coefficient (Wildman–Crippen LogP) is 1.13. The second-order valence-corrected chi connectivity index (χ2v) is 4.82. The van der Waals surface area contributed by atoms with Crippen LogP contribution in [0.5, 0.6) is 0 Å². The van der Waals surface area contributed by atoms with Crippen LogP contribution in [0.2, 0.25) is 0 Å². The summed E-state index contributed by atoms with van der Waals surface area (Å²) in [4.78, 5) is 11.6. The van der Waals surface area contributed by atoms with Crippen molar-refractivity contribution in [2.24, 2.45) is 5.41 Å². The second-order valence-electron chi connectivity index (χ2n) is 4.82. The van der Waals surface area contributed by atoms with Gasteiger partial charge in [0.1, 0.15) is 5.82 Å². The fourth-order valence-corrected chi connectivity index (χ4v) is 1.78. The molecule has 0 spiro atoms. The van der Waals surface area contributed by atoms with Crippen molar-refractivity contribution in [1.82, 2.24) is 5.32 Å². The van der Waals surface area contributed by atoms with E-state index in [4.69, 9.17) is 5.11 Å². The zero-order chi connectivity index (χ0) is 13.0. The molecule has 0 radical (unpaired) electrons. The van der Waals surface area contributed by atoms with Gasteiger partial charge in [-0.1, -0.05) is 6.07 Å². The van der Waals surface area contributed by atoms with Gasteiger partial charge in [-0.25, -0.2) is 4.39 Å². The molecule has 1 aliphatic rings. The van der Waals surface area contributed by atoms with Crippen molar-refractivity contribution in [3.63, 3.8) is 0 Å². The Bertz CT molecular complexity index is 433. The number of nitrogens with one attached hydrogen (secondary N) is 2. The van der Waals surface area contributed by atoms with Gasteiger partial charge >= 0.3 is 0 Å². The van der Waals surface area contributed by atoms with E-state index in [1.54, 1.807) is 12.1 Å². The number of rotatable bonds is 6. The molecule has 0 aliphatic heterocycles. The third-order valence-corrected chi connectivity index (χ3v) is 3.19. The van der Waals surface area contributed by atoms with E-state index in [9.17, 15) is 9.18 Å². The van der Waals surface area contributed by atoms with Crippen LogP contribution in [0.25, 0.3) is 0 Å². The molecule has 5 heteroatoms. The highest BCUT2D eigenvalue weighted by Crippen LogP contribution is 2.44. The molecule has 1 amide bonds. The first-order valence-corrected chi connectivity index (χ1v) is 6.01. The summed E-state index contributed by atoms with van der Waals surface area (Å²) in [7, 11) is 0. The molecule has 18 heavy (non-hydrogen) atoms. The molecule has 1 aromatic carbocycles. The molecule has 0 bridgehead atoms. The fraction of sp³-hybridized carbons (Fsp3) is 0.462. The van der Waals surface area contributed by atoms with Gasteiger partial charge < -0.3 is 15.7 Å². The van der Waals surface area contributed by atoms with Gasteiger partial charge in [0.15, 0.2) is 0 Å². The Morgan fingerprint density at radius 2 is 2.22 bits per heavy atom. The zero-order valence-corrected chi connectivity index (χ0v) is 10.1. The fourth-order valence-electron chi connectivity index (χ4n) is 1.78. The van der Waals surface area contributed by atoms with Gasteiger partial charge in [-0.05, 0) is 31.0 Å². The molecule has 3 N–H and O–H groups in total. The van der Waals surface area contributed by atoms with Gasteiger partial charge in [0.2, 0.25) is 5.91 Å². The SMILES string of the molecule is O=C(CNCC1(CO)CC1)Nc1cccc(F)c1. The number of aliphatic hydroxyl groups is 1. The Kier molecular flexibility index (Phi) is 3.93. The molecule has 1 saturated carbocycles. The second kappa shape index (κ2) is 5.46. The summed E-state index contributed by atoms with van der Waals surface area (Å²) in [5.74, 6) is -0.590. The first-order valence-electron chi connectivity index (χ1n) is 6.01. The van der Waals surface area contributed by atoms with Gasteiger partial charge in [-0.2, -0.15) is 0 Å². The third kappa shape index (κ3) is 3.51. The molecule has 1 aliphatic carbocycles. The molecule has 0 aromatic heterocycles. The first kappa shape index (κ1) is 13.0. The Morgan fingerprint density at radius 1 is 1.44 bits per heavy atom. The van der Waals surface area contributed by atoms with Crippen LogP contribution in [-0.2, 0) is 4.79 Å². The molecule has 1 fully saturated rings. The van der Waals surface area contributed by atoms with E-state index in [2.05, 4.69) is 10.6 Å². The minimum absolute atomic E-state index is 0.0147. The number of carbonyl (C=O) groups excluding carboxylic acids is 1. The summed E-state index contributed by atoms with van der Waals surface area (Å²) in [6, 6.07) is 5.78. The quantitative estimate of drug-likeness (QED) is 0.711. The van der Waals surface area contributed by atoms with Crippen LogP contribution in [0.4, 0.5) is 10.1 Å². The van der Waals surface area contributed by atoms with Crippen molar-refractivity contribution in [2.75, 3.05) is 25.0 Å². The third-order valence-electron chi connectivity index (χ3n) is 3.19. The number of hydrogen-bond donors (Lipinski definition) is 3. The Labute approximate surface area is 105 Å². The number of halogens is 1. The lowest BCUT2D eigenvalue weighted by atomic mass is 10.1. The summed E-state index contributed by atoms with van der Waals surface area (Å²) in [5.41, 5.74) is 0.434. The van der Waals surface area contributed by atoms with Crippen LogP contribution in [0.1, 0.15) is 12.8 Å². The van der Waals surface area contributed by atoms with Crippen molar-refractivity contribution < 1.29 is 14.3 Å². The van der Waals surface area contributed by atoms with Crippen LogP contribution >= 0.6 is 0 Å². The normalized spacial score (nSPS) is 16.3. The number of amides is 1. The predicted molar refractivity (Wildman–Crippen MR) is 66.7 cm³/mol. The van der Waals surface area contributed by atoms with Gasteiger partial charge in [0.25, 0.3) is 0 Å². The van der Waals surface area contributed by atoms with Crippen molar-refractivity contribution in [3.05, 3.63) is 30.1 Å². The van der Waals surface area contributed by atoms with Gasteiger partial charge in [0, 0.05) is 24.3 Å². The molecule has 4 nitrogen and oxygen atoms in total. The van der Waals surface area contributed by atoms with Gasteiger partial charge in [-0.3, -0.25) is 4.79 Å². The van der Waals surface area contributed by atoms with E-state index >= 15 is 0 Å². The molecule has 1 aromatic rings. The zero-order valence-electron chi connectivity index (χ0n) is 10.1. The van der Waals surface area contributed by atoms with Crippen molar-refractivity contribution in [2.45, 2.75) is 12.8 Å². The van der Waals surface area contributed by atoms with Crippen molar-refractivity contribution in [3.8, 4) is 0 Å². The molecule has 98 valence electrons. The lowest BCUT2D eigenvalue weighted by Crippen LogP contribution is -2.33. The van der Waals surface area contributed by atoms with Crippen LogP contribution in [0, 0.1) is 11.2 Å². The maximum atomic E-state index is 12.9. The van der Waals surface area contributed by atoms with E-state index in [-0.39, 0.29) is 30.3 Å². The molecule has 0 heterocycles. The maximum absolute atomic E-state index is 12.9. The van der Waals surface area contributed by atoms with E-state index in [0.717, 1.165) is 12.8 Å². The van der Waals surface area contributed by atoms with Crippen molar-refractivity contribution in [1.29, 1.82) is 0 Å². The molecule has 0 atom stereocenters. The highest BCUT2D eigenvalue weighted by molar-refractivity contribution is 5.92. The lowest BCUT2D eigenvalue weighted by molar-refractivity contribution is -0.115. The summed E-state index contributed by atoms with van der Waals surface area (Å²) < 4.78 is 12.9. The van der Waals surface area contributed by atoms with Crippen LogP contribution in [-0.4, -0.2) is 30.7 Å². The molecule has 0 unspecified atom stereocenters. The molecule has 0 saturated heterocycles. The minimum atomic E-state index is -0.377. The topological polar surface area (TPSA) is 61.4 Å². The Hall–Kier alpha value is -1.46. The van der Waals surface area contributed by atoms with Crippen LogP contribution < -0.4 is 10.6 Å².